The van der Waals surface area contributed by atoms with Crippen LogP contribution < -0.4 is 10.1 Å². The highest BCUT2D eigenvalue weighted by molar-refractivity contribution is 9.10. The van der Waals surface area contributed by atoms with E-state index in [1.54, 1.807) is 7.11 Å². The van der Waals surface area contributed by atoms with Crippen LogP contribution in [0.3, 0.4) is 0 Å². The average Bonchev–Trinajstić information content (AvgIpc) is 2.95. The van der Waals surface area contributed by atoms with Gasteiger partial charge >= 0.3 is 0 Å². The Kier molecular flexibility index (Phi) is 4.67. The molecule has 0 atom stereocenters. The van der Waals surface area contributed by atoms with Crippen LogP contribution >= 0.6 is 15.9 Å². The van der Waals surface area contributed by atoms with E-state index < -0.39 is 0 Å². The summed E-state index contributed by atoms with van der Waals surface area (Å²) in [4.78, 5) is 4.48. The van der Waals surface area contributed by atoms with Gasteiger partial charge in [0.25, 0.3) is 0 Å². The van der Waals surface area contributed by atoms with E-state index >= 15 is 0 Å². The molecule has 4 nitrogen and oxygen atoms in total. The molecule has 1 aromatic heterocycles. The molecule has 1 heterocycles. The lowest BCUT2D eigenvalue weighted by atomic mass is 10.1. The Morgan fingerprint density at radius 3 is 2.70 bits per heavy atom. The second-order valence-electron chi connectivity index (χ2n) is 5.24. The fourth-order valence-corrected chi connectivity index (χ4v) is 2.67. The lowest BCUT2D eigenvalue weighted by molar-refractivity contribution is 0.415. The molecule has 0 bridgehead atoms. The Morgan fingerprint density at radius 2 is 1.96 bits per heavy atom. The Morgan fingerprint density at radius 1 is 1.17 bits per heavy atom. The summed E-state index contributed by atoms with van der Waals surface area (Å²) >= 11 is 3.45. The number of anilines is 1. The molecule has 1 N–H and O–H groups in total. The van der Waals surface area contributed by atoms with Crippen LogP contribution in [0.1, 0.15) is 5.56 Å². The molecule has 3 rings (SSSR count). The summed E-state index contributed by atoms with van der Waals surface area (Å²) in [5, 5.41) is 3.37. The summed E-state index contributed by atoms with van der Waals surface area (Å²) in [7, 11) is 3.68. The predicted molar refractivity (Wildman–Crippen MR) is 96.7 cm³/mol. The molecule has 0 fully saturated rings. The molecule has 0 unspecified atom stereocenters. The van der Waals surface area contributed by atoms with Crippen molar-refractivity contribution in [1.29, 1.82) is 0 Å². The van der Waals surface area contributed by atoms with Crippen LogP contribution in [0.5, 0.6) is 5.75 Å². The number of nitrogens with zero attached hydrogens (tertiary/aromatic N) is 2. The van der Waals surface area contributed by atoms with E-state index in [4.69, 9.17) is 4.74 Å². The van der Waals surface area contributed by atoms with E-state index in [0.717, 1.165) is 34.0 Å². The van der Waals surface area contributed by atoms with Gasteiger partial charge in [-0.15, -0.1) is 0 Å². The second-order valence-corrected chi connectivity index (χ2v) is 6.15. The molecule has 23 heavy (non-hydrogen) atoms. The first-order valence-corrected chi connectivity index (χ1v) is 8.11. The highest BCUT2D eigenvalue weighted by Gasteiger charge is 2.09. The van der Waals surface area contributed by atoms with Gasteiger partial charge < -0.3 is 14.6 Å². The number of hydrogen-bond acceptors (Lipinski definition) is 3. The van der Waals surface area contributed by atoms with Gasteiger partial charge in [-0.1, -0.05) is 40.2 Å². The normalized spacial score (nSPS) is 10.6. The third-order valence-electron chi connectivity index (χ3n) is 3.72. The zero-order chi connectivity index (χ0) is 16.2. The number of benzene rings is 2. The van der Waals surface area contributed by atoms with Crippen molar-refractivity contribution in [2.75, 3.05) is 12.4 Å². The molecule has 0 amide bonds. The second kappa shape index (κ2) is 6.87. The zero-order valence-electron chi connectivity index (χ0n) is 13.1. The molecule has 0 saturated heterocycles. The summed E-state index contributed by atoms with van der Waals surface area (Å²) in [5.74, 6) is 1.68. The molecule has 0 radical (unpaired) electrons. The highest BCUT2D eigenvalue weighted by Crippen LogP contribution is 2.25. The number of halogens is 1. The van der Waals surface area contributed by atoms with Crippen LogP contribution in [-0.4, -0.2) is 16.7 Å². The topological polar surface area (TPSA) is 39.1 Å². The average molecular weight is 372 g/mol. The summed E-state index contributed by atoms with van der Waals surface area (Å²) < 4.78 is 8.42. The van der Waals surface area contributed by atoms with Crippen molar-refractivity contribution in [2.45, 2.75) is 6.54 Å². The standard InChI is InChI=1S/C18H18BrN3O/c1-22-17(14-4-3-5-16(10-14)23-2)12-21-18(22)20-11-13-6-8-15(19)9-7-13/h3-10,12H,11H2,1-2H3,(H,20,21). The van der Waals surface area contributed by atoms with Gasteiger partial charge in [0, 0.05) is 23.6 Å². The van der Waals surface area contributed by atoms with Gasteiger partial charge in [-0.25, -0.2) is 4.98 Å². The molecule has 0 saturated carbocycles. The van der Waals surface area contributed by atoms with Gasteiger partial charge in [0.05, 0.1) is 19.0 Å². The van der Waals surface area contributed by atoms with Crippen LogP contribution in [0.2, 0.25) is 0 Å². The van der Waals surface area contributed by atoms with E-state index in [1.807, 2.05) is 48.1 Å². The number of nitrogens with one attached hydrogen (secondary N) is 1. The van der Waals surface area contributed by atoms with Crippen molar-refractivity contribution in [3.05, 3.63) is 64.8 Å². The van der Waals surface area contributed by atoms with Gasteiger partial charge in [-0.05, 0) is 29.8 Å². The SMILES string of the molecule is COc1cccc(-c2cnc(NCc3ccc(Br)cc3)n2C)c1. The van der Waals surface area contributed by atoms with Crippen molar-refractivity contribution in [2.24, 2.45) is 7.05 Å². The van der Waals surface area contributed by atoms with Gasteiger partial charge in [-0.2, -0.15) is 0 Å². The van der Waals surface area contributed by atoms with Crippen LogP contribution in [-0.2, 0) is 13.6 Å². The summed E-state index contributed by atoms with van der Waals surface area (Å²) in [6.07, 6.45) is 1.87. The Hall–Kier alpha value is -2.27. The van der Waals surface area contributed by atoms with Gasteiger partial charge in [0.1, 0.15) is 5.75 Å². The Balaban J connectivity index is 1.77. The van der Waals surface area contributed by atoms with Crippen LogP contribution in [0.15, 0.2) is 59.2 Å². The zero-order valence-corrected chi connectivity index (χ0v) is 14.7. The minimum absolute atomic E-state index is 0.732. The van der Waals surface area contributed by atoms with Gasteiger partial charge in [0.2, 0.25) is 5.95 Å². The summed E-state index contributed by atoms with van der Waals surface area (Å²) in [5.41, 5.74) is 3.33. The third kappa shape index (κ3) is 3.56. The maximum atomic E-state index is 5.29. The minimum atomic E-state index is 0.732. The molecule has 0 spiro atoms. The lowest BCUT2D eigenvalue weighted by Crippen LogP contribution is -2.05. The fraction of sp³-hybridized carbons (Fsp3) is 0.167. The molecule has 0 aliphatic carbocycles. The number of rotatable bonds is 5. The van der Waals surface area contributed by atoms with Crippen LogP contribution in [0.4, 0.5) is 5.95 Å². The van der Waals surface area contributed by atoms with E-state index in [9.17, 15) is 0 Å². The largest absolute Gasteiger partial charge is 0.497 e. The van der Waals surface area contributed by atoms with E-state index in [1.165, 1.54) is 5.56 Å². The maximum absolute atomic E-state index is 5.29. The first-order chi connectivity index (χ1) is 11.2. The molecule has 118 valence electrons. The number of aromatic nitrogens is 2. The first kappa shape index (κ1) is 15.6. The molecular weight excluding hydrogens is 354 g/mol. The molecule has 2 aromatic carbocycles. The molecule has 5 heteroatoms. The molecular formula is C18H18BrN3O. The number of hydrogen-bond donors (Lipinski definition) is 1. The van der Waals surface area contributed by atoms with E-state index in [0.29, 0.717) is 0 Å². The number of methoxy groups -OCH3 is 1. The summed E-state index contributed by atoms with van der Waals surface area (Å²) in [6, 6.07) is 16.2. The van der Waals surface area contributed by atoms with Crippen molar-refractivity contribution in [3.8, 4) is 17.0 Å². The summed E-state index contributed by atoms with van der Waals surface area (Å²) in [6.45, 7) is 0.732. The quantitative estimate of drug-likeness (QED) is 0.718. The molecule has 0 aliphatic rings. The maximum Gasteiger partial charge on any atom is 0.203 e. The van der Waals surface area contributed by atoms with Crippen LogP contribution in [0.25, 0.3) is 11.3 Å². The van der Waals surface area contributed by atoms with Crippen molar-refractivity contribution >= 4 is 21.9 Å². The van der Waals surface area contributed by atoms with Crippen molar-refractivity contribution < 1.29 is 4.74 Å². The van der Waals surface area contributed by atoms with Crippen LogP contribution in [0, 0.1) is 0 Å². The predicted octanol–water partition coefficient (Wildman–Crippen LogP) is 4.47. The Bertz CT molecular complexity index is 796. The van der Waals surface area contributed by atoms with Crippen molar-refractivity contribution in [1.82, 2.24) is 9.55 Å². The van der Waals surface area contributed by atoms with E-state index in [-0.39, 0.29) is 0 Å². The molecule has 3 aromatic rings. The monoisotopic (exact) mass is 371 g/mol. The Labute approximate surface area is 144 Å². The smallest absolute Gasteiger partial charge is 0.203 e. The van der Waals surface area contributed by atoms with Crippen molar-refractivity contribution in [3.63, 3.8) is 0 Å². The molecule has 0 aliphatic heterocycles. The third-order valence-corrected chi connectivity index (χ3v) is 4.25. The van der Waals surface area contributed by atoms with E-state index in [2.05, 4.69) is 44.4 Å². The van der Waals surface area contributed by atoms with Gasteiger partial charge in [0.15, 0.2) is 0 Å². The highest BCUT2D eigenvalue weighted by atomic mass is 79.9. The number of ether oxygens (including phenoxy) is 1. The van der Waals surface area contributed by atoms with Gasteiger partial charge in [-0.3, -0.25) is 0 Å². The lowest BCUT2D eigenvalue weighted by Gasteiger charge is -2.09. The minimum Gasteiger partial charge on any atom is -0.497 e. The number of imidazole rings is 1. The first-order valence-electron chi connectivity index (χ1n) is 7.32. The fourth-order valence-electron chi connectivity index (χ4n) is 2.41.